The summed E-state index contributed by atoms with van der Waals surface area (Å²) in [5.74, 6) is 0. The van der Waals surface area contributed by atoms with Crippen LogP contribution in [0.25, 0.3) is 0 Å². The highest BCUT2D eigenvalue weighted by molar-refractivity contribution is 14.1. The quantitative estimate of drug-likeness (QED) is 0.467. The van der Waals surface area contributed by atoms with Gasteiger partial charge in [-0.1, -0.05) is 36.4 Å². The third-order valence-electron chi connectivity index (χ3n) is 1.79. The van der Waals surface area contributed by atoms with Crippen molar-refractivity contribution >= 4 is 22.6 Å². The standard InChI is InChI=1S/C7H13IO/c1-7(2)3-4-9-6(8)5-7/h6H,3-5H2,1-2H3. The van der Waals surface area contributed by atoms with Gasteiger partial charge in [-0.3, -0.25) is 0 Å². The zero-order valence-electron chi connectivity index (χ0n) is 5.98. The van der Waals surface area contributed by atoms with Gasteiger partial charge in [-0.25, -0.2) is 0 Å². The summed E-state index contributed by atoms with van der Waals surface area (Å²) in [6, 6.07) is 0. The van der Waals surface area contributed by atoms with E-state index in [2.05, 4.69) is 36.4 Å². The number of rotatable bonds is 0. The van der Waals surface area contributed by atoms with E-state index in [1.54, 1.807) is 0 Å². The molecule has 0 bridgehead atoms. The summed E-state index contributed by atoms with van der Waals surface area (Å²) in [6.07, 6.45) is 2.42. The maximum absolute atomic E-state index is 5.40. The van der Waals surface area contributed by atoms with Crippen molar-refractivity contribution in [2.75, 3.05) is 6.61 Å². The Kier molecular flexibility index (Phi) is 2.37. The van der Waals surface area contributed by atoms with E-state index in [1.807, 2.05) is 0 Å². The van der Waals surface area contributed by atoms with Gasteiger partial charge in [0.25, 0.3) is 0 Å². The minimum absolute atomic E-state index is 0.450. The van der Waals surface area contributed by atoms with Crippen LogP contribution >= 0.6 is 22.6 Å². The number of ether oxygens (including phenoxy) is 1. The van der Waals surface area contributed by atoms with Crippen LogP contribution in [0.3, 0.4) is 0 Å². The Balaban J connectivity index is 2.41. The normalized spacial score (nSPS) is 34.3. The molecule has 0 amide bonds. The Morgan fingerprint density at radius 1 is 1.56 bits per heavy atom. The third-order valence-corrected chi connectivity index (χ3v) is 2.59. The van der Waals surface area contributed by atoms with Gasteiger partial charge in [0.1, 0.15) is 4.11 Å². The fourth-order valence-electron chi connectivity index (χ4n) is 1.06. The highest BCUT2D eigenvalue weighted by atomic mass is 127. The molecule has 1 rings (SSSR count). The fourth-order valence-corrected chi connectivity index (χ4v) is 2.50. The average Bonchev–Trinajstić information content (AvgIpc) is 1.60. The molecule has 0 aliphatic carbocycles. The van der Waals surface area contributed by atoms with Crippen molar-refractivity contribution in [3.8, 4) is 0 Å². The van der Waals surface area contributed by atoms with Crippen LogP contribution in [0.1, 0.15) is 26.7 Å². The first-order valence-electron chi connectivity index (χ1n) is 3.36. The largest absolute Gasteiger partial charge is 0.368 e. The topological polar surface area (TPSA) is 9.23 Å². The van der Waals surface area contributed by atoms with Crippen LogP contribution < -0.4 is 0 Å². The Bertz CT molecular complexity index is 101. The molecule has 0 saturated carbocycles. The van der Waals surface area contributed by atoms with E-state index < -0.39 is 0 Å². The van der Waals surface area contributed by atoms with E-state index in [0.717, 1.165) is 6.61 Å². The maximum Gasteiger partial charge on any atom is 0.109 e. The van der Waals surface area contributed by atoms with Gasteiger partial charge in [-0.2, -0.15) is 0 Å². The molecular weight excluding hydrogens is 227 g/mol. The first-order chi connectivity index (χ1) is 4.10. The molecule has 1 nitrogen and oxygen atoms in total. The second-order valence-electron chi connectivity index (χ2n) is 3.40. The molecule has 0 aromatic heterocycles. The number of hydrogen-bond donors (Lipinski definition) is 0. The number of hydrogen-bond acceptors (Lipinski definition) is 1. The molecule has 54 valence electrons. The van der Waals surface area contributed by atoms with E-state index in [9.17, 15) is 0 Å². The Morgan fingerprint density at radius 3 is 2.56 bits per heavy atom. The van der Waals surface area contributed by atoms with Gasteiger partial charge < -0.3 is 4.74 Å². The zero-order chi connectivity index (χ0) is 6.91. The molecule has 0 aromatic carbocycles. The Morgan fingerprint density at radius 2 is 2.22 bits per heavy atom. The van der Waals surface area contributed by atoms with Crippen molar-refractivity contribution in [3.05, 3.63) is 0 Å². The molecule has 0 spiro atoms. The average molecular weight is 240 g/mol. The zero-order valence-corrected chi connectivity index (χ0v) is 8.14. The lowest BCUT2D eigenvalue weighted by Crippen LogP contribution is -2.27. The Labute approximate surface area is 70.3 Å². The molecular formula is C7H13IO. The summed E-state index contributed by atoms with van der Waals surface area (Å²) in [7, 11) is 0. The van der Waals surface area contributed by atoms with Crippen LogP contribution in [0.15, 0.2) is 0 Å². The van der Waals surface area contributed by atoms with Crippen molar-refractivity contribution < 1.29 is 4.74 Å². The monoisotopic (exact) mass is 240 g/mol. The molecule has 0 aromatic rings. The molecule has 1 aliphatic rings. The predicted molar refractivity (Wildman–Crippen MR) is 46.8 cm³/mol. The van der Waals surface area contributed by atoms with Crippen molar-refractivity contribution in [3.63, 3.8) is 0 Å². The summed E-state index contributed by atoms with van der Waals surface area (Å²) in [4.78, 5) is 0. The van der Waals surface area contributed by atoms with Gasteiger partial charge in [-0.05, 0) is 18.3 Å². The van der Waals surface area contributed by atoms with Crippen LogP contribution in [-0.2, 0) is 4.74 Å². The SMILES string of the molecule is CC1(C)CCOC(I)C1. The molecule has 1 atom stereocenters. The fraction of sp³-hybridized carbons (Fsp3) is 1.00. The molecule has 1 unspecified atom stereocenters. The third kappa shape index (κ3) is 2.42. The van der Waals surface area contributed by atoms with Crippen LogP contribution in [-0.4, -0.2) is 10.7 Å². The molecule has 0 radical (unpaired) electrons. The lowest BCUT2D eigenvalue weighted by atomic mass is 9.85. The Hall–Kier alpha value is 0.690. The smallest absolute Gasteiger partial charge is 0.109 e. The maximum atomic E-state index is 5.40. The first-order valence-corrected chi connectivity index (χ1v) is 4.60. The van der Waals surface area contributed by atoms with E-state index in [-0.39, 0.29) is 0 Å². The minimum Gasteiger partial charge on any atom is -0.368 e. The van der Waals surface area contributed by atoms with Crippen LogP contribution in [0, 0.1) is 5.41 Å². The van der Waals surface area contributed by atoms with Gasteiger partial charge in [0.05, 0.1) is 0 Å². The molecule has 1 aliphatic heterocycles. The first kappa shape index (κ1) is 7.79. The molecule has 1 saturated heterocycles. The van der Waals surface area contributed by atoms with Crippen molar-refractivity contribution in [1.29, 1.82) is 0 Å². The van der Waals surface area contributed by atoms with Crippen LogP contribution in [0.2, 0.25) is 0 Å². The van der Waals surface area contributed by atoms with Gasteiger partial charge in [-0.15, -0.1) is 0 Å². The minimum atomic E-state index is 0.450. The summed E-state index contributed by atoms with van der Waals surface area (Å²) < 4.78 is 5.85. The molecule has 1 fully saturated rings. The lowest BCUT2D eigenvalue weighted by Gasteiger charge is -2.32. The van der Waals surface area contributed by atoms with E-state index in [0.29, 0.717) is 9.53 Å². The van der Waals surface area contributed by atoms with E-state index >= 15 is 0 Å². The van der Waals surface area contributed by atoms with Gasteiger partial charge >= 0.3 is 0 Å². The summed E-state index contributed by atoms with van der Waals surface area (Å²) in [5, 5.41) is 0. The van der Waals surface area contributed by atoms with Crippen molar-refractivity contribution in [2.24, 2.45) is 5.41 Å². The second kappa shape index (κ2) is 2.74. The summed E-state index contributed by atoms with van der Waals surface area (Å²) >= 11 is 2.36. The van der Waals surface area contributed by atoms with Gasteiger partial charge in [0.15, 0.2) is 0 Å². The molecule has 0 N–H and O–H groups in total. The predicted octanol–water partition coefficient (Wildman–Crippen LogP) is 2.58. The van der Waals surface area contributed by atoms with E-state index in [1.165, 1.54) is 12.8 Å². The number of alkyl halides is 1. The lowest BCUT2D eigenvalue weighted by molar-refractivity contribution is 0.0212. The molecule has 2 heteroatoms. The highest BCUT2D eigenvalue weighted by Gasteiger charge is 2.26. The molecule has 1 heterocycles. The van der Waals surface area contributed by atoms with Crippen LogP contribution in [0.5, 0.6) is 0 Å². The van der Waals surface area contributed by atoms with Crippen LogP contribution in [0.4, 0.5) is 0 Å². The van der Waals surface area contributed by atoms with Gasteiger partial charge in [0, 0.05) is 6.61 Å². The molecule has 9 heavy (non-hydrogen) atoms. The summed E-state index contributed by atoms with van der Waals surface area (Å²) in [6.45, 7) is 5.56. The van der Waals surface area contributed by atoms with Crippen molar-refractivity contribution in [2.45, 2.75) is 30.8 Å². The second-order valence-corrected chi connectivity index (χ2v) is 4.79. The number of halogens is 1. The van der Waals surface area contributed by atoms with Gasteiger partial charge in [0.2, 0.25) is 0 Å². The summed E-state index contributed by atoms with van der Waals surface area (Å²) in [5.41, 5.74) is 0.518. The van der Waals surface area contributed by atoms with Crippen molar-refractivity contribution in [1.82, 2.24) is 0 Å². The highest BCUT2D eigenvalue weighted by Crippen LogP contribution is 2.34. The van der Waals surface area contributed by atoms with E-state index in [4.69, 9.17) is 4.74 Å².